The molecule has 0 radical (unpaired) electrons. The zero-order valence-corrected chi connectivity index (χ0v) is 7.02. The first-order valence-electron chi connectivity index (χ1n) is 4.08. The summed E-state index contributed by atoms with van der Waals surface area (Å²) >= 11 is 0. The molecule has 12 heavy (non-hydrogen) atoms. The second kappa shape index (κ2) is 8.43. The van der Waals surface area contributed by atoms with Crippen molar-refractivity contribution in [2.45, 2.75) is 25.7 Å². The second-order valence-corrected chi connectivity index (χ2v) is 2.41. The van der Waals surface area contributed by atoms with Crippen LogP contribution in [-0.2, 0) is 9.53 Å². The fraction of sp³-hybridized carbons (Fsp3) is 0.875. The van der Waals surface area contributed by atoms with Gasteiger partial charge in [-0.15, -0.1) is 0 Å². The van der Waals surface area contributed by atoms with Crippen LogP contribution < -0.4 is 0 Å². The Morgan fingerprint density at radius 3 is 2.42 bits per heavy atom. The number of esters is 1. The molecule has 0 atom stereocenters. The van der Waals surface area contributed by atoms with Crippen LogP contribution in [0.3, 0.4) is 0 Å². The molecule has 2 nitrogen and oxygen atoms in total. The van der Waals surface area contributed by atoms with Crippen molar-refractivity contribution in [1.82, 2.24) is 0 Å². The predicted octanol–water partition coefficient (Wildman–Crippen LogP) is 2.03. The van der Waals surface area contributed by atoms with E-state index in [2.05, 4.69) is 4.74 Å². The quantitative estimate of drug-likeness (QED) is 0.442. The van der Waals surface area contributed by atoms with Crippen LogP contribution in [-0.4, -0.2) is 25.9 Å². The minimum Gasteiger partial charge on any atom is -0.463 e. The van der Waals surface area contributed by atoms with Gasteiger partial charge in [0.25, 0.3) is 0 Å². The lowest BCUT2D eigenvalue weighted by Crippen LogP contribution is -2.06. The van der Waals surface area contributed by atoms with Gasteiger partial charge in [-0.3, -0.25) is 9.18 Å². The number of ether oxygens (including phenoxy) is 1. The Labute approximate surface area is 70.9 Å². The average Bonchev–Trinajstić information content (AvgIpc) is 2.09. The molecule has 0 heterocycles. The van der Waals surface area contributed by atoms with E-state index in [9.17, 15) is 13.6 Å². The number of halogens is 2. The highest BCUT2D eigenvalue weighted by atomic mass is 19.1. The van der Waals surface area contributed by atoms with Gasteiger partial charge in [0.2, 0.25) is 0 Å². The van der Waals surface area contributed by atoms with E-state index in [4.69, 9.17) is 0 Å². The summed E-state index contributed by atoms with van der Waals surface area (Å²) in [7, 11) is 0. The molecule has 0 fully saturated rings. The maximum Gasteiger partial charge on any atom is 0.305 e. The molecular formula is C8H14F2O2. The molecule has 0 N–H and O–H groups in total. The van der Waals surface area contributed by atoms with Crippen molar-refractivity contribution in [2.24, 2.45) is 0 Å². The summed E-state index contributed by atoms with van der Waals surface area (Å²) in [6.45, 7) is -1.16. The molecule has 0 saturated heterocycles. The minimum absolute atomic E-state index is 0.165. The van der Waals surface area contributed by atoms with Crippen LogP contribution >= 0.6 is 0 Å². The first-order chi connectivity index (χ1) is 5.81. The van der Waals surface area contributed by atoms with Gasteiger partial charge >= 0.3 is 5.97 Å². The first-order valence-corrected chi connectivity index (χ1v) is 4.08. The SMILES string of the molecule is O=C(CCCCCF)OCCF. The van der Waals surface area contributed by atoms with Crippen molar-refractivity contribution in [3.8, 4) is 0 Å². The second-order valence-electron chi connectivity index (χ2n) is 2.41. The molecule has 0 aliphatic rings. The number of carbonyl (C=O) groups is 1. The largest absolute Gasteiger partial charge is 0.463 e. The predicted molar refractivity (Wildman–Crippen MR) is 41.4 cm³/mol. The number of hydrogen-bond donors (Lipinski definition) is 0. The maximum atomic E-state index is 11.6. The van der Waals surface area contributed by atoms with E-state index in [0.717, 1.165) is 0 Å². The molecule has 0 amide bonds. The fourth-order valence-corrected chi connectivity index (χ4v) is 0.765. The molecule has 0 aliphatic carbocycles. The highest BCUT2D eigenvalue weighted by molar-refractivity contribution is 5.69. The van der Waals surface area contributed by atoms with Gasteiger partial charge in [-0.2, -0.15) is 0 Å². The van der Waals surface area contributed by atoms with Crippen molar-refractivity contribution < 1.29 is 18.3 Å². The van der Waals surface area contributed by atoms with Gasteiger partial charge in [-0.05, 0) is 12.8 Å². The van der Waals surface area contributed by atoms with E-state index >= 15 is 0 Å². The lowest BCUT2D eigenvalue weighted by atomic mass is 10.2. The van der Waals surface area contributed by atoms with Crippen molar-refractivity contribution in [3.05, 3.63) is 0 Å². The van der Waals surface area contributed by atoms with Gasteiger partial charge in [-0.25, -0.2) is 4.39 Å². The van der Waals surface area contributed by atoms with E-state index < -0.39 is 12.6 Å². The summed E-state index contributed by atoms with van der Waals surface area (Å²) in [5, 5.41) is 0. The van der Waals surface area contributed by atoms with Gasteiger partial charge in [0, 0.05) is 6.42 Å². The van der Waals surface area contributed by atoms with Crippen molar-refractivity contribution in [3.63, 3.8) is 0 Å². The molecule has 0 spiro atoms. The standard InChI is InChI=1S/C8H14F2O2/c9-5-3-1-2-4-8(11)12-7-6-10/h1-7H2. The number of carbonyl (C=O) groups excluding carboxylic acids is 1. The fourth-order valence-electron chi connectivity index (χ4n) is 0.765. The summed E-state index contributed by atoms with van der Waals surface area (Å²) < 4.78 is 27.5. The third-order valence-corrected chi connectivity index (χ3v) is 1.35. The smallest absolute Gasteiger partial charge is 0.305 e. The third-order valence-electron chi connectivity index (χ3n) is 1.35. The highest BCUT2D eigenvalue weighted by Crippen LogP contribution is 2.01. The lowest BCUT2D eigenvalue weighted by molar-refractivity contribution is -0.144. The lowest BCUT2D eigenvalue weighted by Gasteiger charge is -2.00. The number of rotatable bonds is 7. The molecule has 0 saturated carbocycles. The van der Waals surface area contributed by atoms with Gasteiger partial charge in [0.1, 0.15) is 13.3 Å². The third kappa shape index (κ3) is 7.44. The molecule has 72 valence electrons. The van der Waals surface area contributed by atoms with E-state index in [0.29, 0.717) is 19.3 Å². The normalized spacial score (nSPS) is 9.83. The van der Waals surface area contributed by atoms with E-state index in [1.165, 1.54) is 0 Å². The minimum atomic E-state index is -0.643. The molecule has 0 aliphatic heterocycles. The van der Waals surface area contributed by atoms with E-state index in [1.54, 1.807) is 0 Å². The molecule has 0 unspecified atom stereocenters. The van der Waals surface area contributed by atoms with Gasteiger partial charge in [0.05, 0.1) is 6.67 Å². The molecule has 0 aromatic heterocycles. The molecule has 0 aromatic carbocycles. The average molecular weight is 180 g/mol. The summed E-state index contributed by atoms with van der Waals surface area (Å²) in [6, 6.07) is 0. The summed E-state index contributed by atoms with van der Waals surface area (Å²) in [5.74, 6) is -0.397. The Bertz CT molecular complexity index is 118. The zero-order chi connectivity index (χ0) is 9.23. The van der Waals surface area contributed by atoms with Crippen LogP contribution in [0.4, 0.5) is 8.78 Å². The summed E-state index contributed by atoms with van der Waals surface area (Å²) in [4.78, 5) is 10.7. The van der Waals surface area contributed by atoms with Crippen LogP contribution in [0.1, 0.15) is 25.7 Å². The van der Waals surface area contributed by atoms with Gasteiger partial charge in [-0.1, -0.05) is 6.42 Å². The van der Waals surface area contributed by atoms with Crippen LogP contribution in [0.5, 0.6) is 0 Å². The molecular weight excluding hydrogens is 166 g/mol. The maximum absolute atomic E-state index is 11.6. The van der Waals surface area contributed by atoms with E-state index in [-0.39, 0.29) is 19.7 Å². The molecule has 0 rings (SSSR count). The Kier molecular flexibility index (Phi) is 7.96. The Hall–Kier alpha value is -0.670. The highest BCUT2D eigenvalue weighted by Gasteiger charge is 2.01. The van der Waals surface area contributed by atoms with Crippen LogP contribution in [0.2, 0.25) is 0 Å². The molecule has 4 heteroatoms. The van der Waals surface area contributed by atoms with E-state index in [1.807, 2.05) is 0 Å². The number of unbranched alkanes of at least 4 members (excludes halogenated alkanes) is 2. The van der Waals surface area contributed by atoms with Crippen molar-refractivity contribution >= 4 is 5.97 Å². The Morgan fingerprint density at radius 2 is 1.83 bits per heavy atom. The van der Waals surface area contributed by atoms with Crippen molar-refractivity contribution in [1.29, 1.82) is 0 Å². The molecule has 0 bridgehead atoms. The number of hydrogen-bond acceptors (Lipinski definition) is 2. The van der Waals surface area contributed by atoms with Gasteiger partial charge in [0.15, 0.2) is 0 Å². The van der Waals surface area contributed by atoms with Crippen LogP contribution in [0, 0.1) is 0 Å². The monoisotopic (exact) mass is 180 g/mol. The number of alkyl halides is 2. The van der Waals surface area contributed by atoms with Gasteiger partial charge < -0.3 is 4.74 Å². The van der Waals surface area contributed by atoms with Crippen LogP contribution in [0.15, 0.2) is 0 Å². The summed E-state index contributed by atoms with van der Waals surface area (Å²) in [6.07, 6.45) is 2.05. The zero-order valence-electron chi connectivity index (χ0n) is 7.02. The Morgan fingerprint density at radius 1 is 1.08 bits per heavy atom. The Balaban J connectivity index is 3.08. The summed E-state index contributed by atoms with van der Waals surface area (Å²) in [5.41, 5.74) is 0. The topological polar surface area (TPSA) is 26.3 Å². The first kappa shape index (κ1) is 11.3. The van der Waals surface area contributed by atoms with Crippen LogP contribution in [0.25, 0.3) is 0 Å². The molecule has 0 aromatic rings. The van der Waals surface area contributed by atoms with Crippen molar-refractivity contribution in [2.75, 3.05) is 20.0 Å².